The molecule has 0 radical (unpaired) electrons. The highest BCUT2D eigenvalue weighted by atomic mass is 16.5. The molecular weight excluding hydrogens is 330 g/mol. The number of amides is 2. The van der Waals surface area contributed by atoms with Gasteiger partial charge in [0.25, 0.3) is 0 Å². The molecule has 0 aromatic carbocycles. The second-order valence-corrected chi connectivity index (χ2v) is 8.47. The van der Waals surface area contributed by atoms with Crippen molar-refractivity contribution in [3.05, 3.63) is 0 Å². The average Bonchev–Trinajstić information content (AvgIpc) is 3.08. The summed E-state index contributed by atoms with van der Waals surface area (Å²) in [5.74, 6) is 0.474. The third-order valence-corrected chi connectivity index (χ3v) is 6.57. The first-order valence-corrected chi connectivity index (χ1v) is 10.3. The molecule has 2 aliphatic heterocycles. The average molecular weight is 366 g/mol. The fourth-order valence-electron chi connectivity index (χ4n) is 4.96. The van der Waals surface area contributed by atoms with Crippen LogP contribution in [0.1, 0.15) is 51.4 Å². The minimum atomic E-state index is -0.309. The first-order valence-electron chi connectivity index (χ1n) is 10.3. The van der Waals surface area contributed by atoms with Crippen molar-refractivity contribution >= 4 is 11.8 Å². The molecule has 1 aliphatic carbocycles. The molecule has 1 atom stereocenters. The highest BCUT2D eigenvalue weighted by Crippen LogP contribution is 2.42. The van der Waals surface area contributed by atoms with Crippen molar-refractivity contribution in [1.82, 2.24) is 14.7 Å². The van der Waals surface area contributed by atoms with Gasteiger partial charge in [-0.1, -0.05) is 19.3 Å². The fourth-order valence-corrected chi connectivity index (χ4v) is 4.96. The van der Waals surface area contributed by atoms with E-state index in [9.17, 15) is 9.59 Å². The van der Waals surface area contributed by atoms with Crippen molar-refractivity contribution in [3.8, 4) is 0 Å². The van der Waals surface area contributed by atoms with E-state index in [0.29, 0.717) is 31.6 Å². The SMILES string of the molecule is COCCN(C)CC(=O)N1CC[C@@]2(CCCN(C3CCCCC3)C2=O)C1. The summed E-state index contributed by atoms with van der Waals surface area (Å²) in [6.07, 6.45) is 8.99. The van der Waals surface area contributed by atoms with Gasteiger partial charge in [-0.2, -0.15) is 0 Å². The molecule has 2 saturated heterocycles. The lowest BCUT2D eigenvalue weighted by Gasteiger charge is -2.44. The number of likely N-dealkylation sites (tertiary alicyclic amines) is 2. The standard InChI is InChI=1S/C20H35N3O3/c1-21(13-14-26-2)15-18(24)22-12-10-20(16-22)9-6-11-23(19(20)25)17-7-4-3-5-8-17/h17H,3-16H2,1-2H3/t20-/m0/s1. The first-order chi connectivity index (χ1) is 12.6. The number of methoxy groups -OCH3 is 1. The van der Waals surface area contributed by atoms with Gasteiger partial charge in [0.2, 0.25) is 11.8 Å². The van der Waals surface area contributed by atoms with Crippen LogP contribution in [0.25, 0.3) is 0 Å². The van der Waals surface area contributed by atoms with E-state index in [1.807, 2.05) is 16.8 Å². The van der Waals surface area contributed by atoms with Crippen molar-refractivity contribution < 1.29 is 14.3 Å². The molecule has 2 amide bonds. The third kappa shape index (κ3) is 4.22. The largest absolute Gasteiger partial charge is 0.383 e. The summed E-state index contributed by atoms with van der Waals surface area (Å²) >= 11 is 0. The van der Waals surface area contributed by atoms with Crippen molar-refractivity contribution in [2.24, 2.45) is 5.41 Å². The number of nitrogens with zero attached hydrogens (tertiary/aromatic N) is 3. The van der Waals surface area contributed by atoms with Gasteiger partial charge >= 0.3 is 0 Å². The fraction of sp³-hybridized carbons (Fsp3) is 0.900. The summed E-state index contributed by atoms with van der Waals surface area (Å²) in [5.41, 5.74) is -0.309. The van der Waals surface area contributed by atoms with Crippen LogP contribution in [-0.2, 0) is 14.3 Å². The molecule has 3 rings (SSSR count). The van der Waals surface area contributed by atoms with Crippen LogP contribution in [0, 0.1) is 5.41 Å². The summed E-state index contributed by atoms with van der Waals surface area (Å²) in [7, 11) is 3.62. The van der Waals surface area contributed by atoms with E-state index in [1.54, 1.807) is 7.11 Å². The van der Waals surface area contributed by atoms with Crippen LogP contribution in [0.5, 0.6) is 0 Å². The van der Waals surface area contributed by atoms with E-state index in [-0.39, 0.29) is 11.3 Å². The number of rotatable bonds is 6. The van der Waals surface area contributed by atoms with E-state index < -0.39 is 0 Å². The summed E-state index contributed by atoms with van der Waals surface area (Å²) in [5, 5.41) is 0. The quantitative estimate of drug-likeness (QED) is 0.719. The van der Waals surface area contributed by atoms with Crippen LogP contribution < -0.4 is 0 Å². The Balaban J connectivity index is 1.58. The van der Waals surface area contributed by atoms with E-state index >= 15 is 0 Å². The van der Waals surface area contributed by atoms with Gasteiger partial charge in [-0.25, -0.2) is 0 Å². The normalized spacial score (nSPS) is 27.7. The van der Waals surface area contributed by atoms with E-state index in [4.69, 9.17) is 4.74 Å². The van der Waals surface area contributed by atoms with E-state index in [1.165, 1.54) is 19.3 Å². The second-order valence-electron chi connectivity index (χ2n) is 8.47. The molecule has 26 heavy (non-hydrogen) atoms. The maximum atomic E-state index is 13.3. The predicted molar refractivity (Wildman–Crippen MR) is 101 cm³/mol. The second kappa shape index (κ2) is 8.70. The predicted octanol–water partition coefficient (Wildman–Crippen LogP) is 1.74. The highest BCUT2D eigenvalue weighted by Gasteiger charge is 2.50. The minimum Gasteiger partial charge on any atom is -0.383 e. The molecule has 0 aromatic heterocycles. The Morgan fingerprint density at radius 1 is 1.19 bits per heavy atom. The van der Waals surface area contributed by atoms with E-state index in [2.05, 4.69) is 4.90 Å². The minimum absolute atomic E-state index is 0.142. The molecule has 0 aromatic rings. The van der Waals surface area contributed by atoms with E-state index in [0.717, 1.165) is 51.7 Å². The molecule has 2 heterocycles. The zero-order chi connectivity index (χ0) is 18.6. The molecule has 3 aliphatic rings. The Morgan fingerprint density at radius 3 is 2.69 bits per heavy atom. The smallest absolute Gasteiger partial charge is 0.236 e. The lowest BCUT2D eigenvalue weighted by atomic mass is 9.77. The Bertz CT molecular complexity index is 507. The first kappa shape index (κ1) is 19.6. The molecule has 1 spiro atoms. The summed E-state index contributed by atoms with van der Waals surface area (Å²) in [6.45, 7) is 4.03. The highest BCUT2D eigenvalue weighted by molar-refractivity contribution is 5.86. The maximum absolute atomic E-state index is 13.3. The number of ether oxygens (including phenoxy) is 1. The summed E-state index contributed by atoms with van der Waals surface area (Å²) in [6, 6.07) is 0.443. The van der Waals surface area contributed by atoms with Crippen LogP contribution in [0.4, 0.5) is 0 Å². The third-order valence-electron chi connectivity index (χ3n) is 6.57. The van der Waals surface area contributed by atoms with Gasteiger partial charge < -0.3 is 14.5 Å². The van der Waals surface area contributed by atoms with Gasteiger partial charge in [0.1, 0.15) is 0 Å². The van der Waals surface area contributed by atoms with Gasteiger partial charge in [-0.3, -0.25) is 14.5 Å². The molecule has 0 bridgehead atoms. The van der Waals surface area contributed by atoms with Crippen LogP contribution in [0.2, 0.25) is 0 Å². The molecule has 6 heteroatoms. The van der Waals surface area contributed by atoms with Crippen molar-refractivity contribution in [2.45, 2.75) is 57.4 Å². The zero-order valence-corrected chi connectivity index (χ0v) is 16.5. The van der Waals surface area contributed by atoms with Gasteiger partial charge in [0.05, 0.1) is 18.6 Å². The zero-order valence-electron chi connectivity index (χ0n) is 16.5. The van der Waals surface area contributed by atoms with Crippen LogP contribution in [-0.4, -0.2) is 86.0 Å². The van der Waals surface area contributed by atoms with Gasteiger partial charge in [0.15, 0.2) is 0 Å². The lowest BCUT2D eigenvalue weighted by Crippen LogP contribution is -2.54. The molecule has 3 fully saturated rings. The Labute approximate surface area is 157 Å². The van der Waals surface area contributed by atoms with Crippen LogP contribution >= 0.6 is 0 Å². The number of hydrogen-bond acceptors (Lipinski definition) is 4. The molecule has 0 unspecified atom stereocenters. The molecule has 0 N–H and O–H groups in total. The molecule has 6 nitrogen and oxygen atoms in total. The molecule has 1 saturated carbocycles. The summed E-state index contributed by atoms with van der Waals surface area (Å²) in [4.78, 5) is 32.1. The van der Waals surface area contributed by atoms with Gasteiger partial charge in [-0.05, 0) is 39.2 Å². The Kier molecular flexibility index (Phi) is 6.56. The Hall–Kier alpha value is -1.14. The van der Waals surface area contributed by atoms with Gasteiger partial charge in [0, 0.05) is 39.3 Å². The molecular formula is C20H35N3O3. The monoisotopic (exact) mass is 365 g/mol. The number of carbonyl (C=O) groups excluding carboxylic acids is 2. The number of piperidine rings is 1. The van der Waals surface area contributed by atoms with Crippen molar-refractivity contribution in [2.75, 3.05) is 53.5 Å². The van der Waals surface area contributed by atoms with Crippen molar-refractivity contribution in [3.63, 3.8) is 0 Å². The lowest BCUT2D eigenvalue weighted by molar-refractivity contribution is -0.149. The molecule has 148 valence electrons. The summed E-state index contributed by atoms with van der Waals surface area (Å²) < 4.78 is 5.08. The number of carbonyl (C=O) groups is 2. The Morgan fingerprint density at radius 2 is 1.96 bits per heavy atom. The van der Waals surface area contributed by atoms with Crippen LogP contribution in [0.3, 0.4) is 0 Å². The van der Waals surface area contributed by atoms with Gasteiger partial charge in [-0.15, -0.1) is 0 Å². The van der Waals surface area contributed by atoms with Crippen molar-refractivity contribution in [1.29, 1.82) is 0 Å². The number of hydrogen-bond donors (Lipinski definition) is 0. The maximum Gasteiger partial charge on any atom is 0.236 e. The van der Waals surface area contributed by atoms with Crippen LogP contribution in [0.15, 0.2) is 0 Å². The number of likely N-dealkylation sites (N-methyl/N-ethyl adjacent to an activating group) is 1. The topological polar surface area (TPSA) is 53.1 Å².